The second-order valence-corrected chi connectivity index (χ2v) is 6.80. The number of rotatable bonds is 10. The monoisotopic (exact) mass is 458 g/mol. The van der Waals surface area contributed by atoms with Crippen molar-refractivity contribution < 1.29 is 43.2 Å². The number of ether oxygens (including phenoxy) is 4. The SMILES string of the molecule is CCC(=O)OC(OC(=O)CC)(OC(=O)CC)c1cc(C(=O)c2ccccc2)c(O)cc1OC. The molecule has 0 spiro atoms. The van der Waals surface area contributed by atoms with E-state index in [0.717, 1.165) is 12.1 Å². The van der Waals surface area contributed by atoms with Crippen molar-refractivity contribution in [3.8, 4) is 11.5 Å². The van der Waals surface area contributed by atoms with Crippen LogP contribution in [0.2, 0.25) is 0 Å². The lowest BCUT2D eigenvalue weighted by Crippen LogP contribution is -2.42. The van der Waals surface area contributed by atoms with Crippen molar-refractivity contribution in [1.29, 1.82) is 0 Å². The van der Waals surface area contributed by atoms with Crippen LogP contribution in [0.1, 0.15) is 61.5 Å². The van der Waals surface area contributed by atoms with Gasteiger partial charge < -0.3 is 24.1 Å². The molecule has 0 bridgehead atoms. The normalized spacial score (nSPS) is 10.8. The van der Waals surface area contributed by atoms with Crippen LogP contribution >= 0.6 is 0 Å². The smallest absolute Gasteiger partial charge is 0.457 e. The van der Waals surface area contributed by atoms with E-state index in [1.807, 2.05) is 0 Å². The maximum absolute atomic E-state index is 13.1. The molecule has 2 aromatic rings. The van der Waals surface area contributed by atoms with E-state index < -0.39 is 35.4 Å². The number of hydrogen-bond donors (Lipinski definition) is 1. The third-order valence-electron chi connectivity index (χ3n) is 4.54. The average molecular weight is 458 g/mol. The van der Waals surface area contributed by atoms with E-state index >= 15 is 0 Å². The zero-order chi connectivity index (χ0) is 24.6. The first kappa shape index (κ1) is 25.4. The highest BCUT2D eigenvalue weighted by molar-refractivity contribution is 6.11. The number of methoxy groups -OCH3 is 1. The molecular weight excluding hydrogens is 432 g/mol. The Hall–Kier alpha value is -3.88. The number of phenolic OH excluding ortho intramolecular Hbond substituents is 1. The minimum atomic E-state index is -2.67. The van der Waals surface area contributed by atoms with E-state index in [2.05, 4.69) is 0 Å². The summed E-state index contributed by atoms with van der Waals surface area (Å²) >= 11 is 0. The summed E-state index contributed by atoms with van der Waals surface area (Å²) in [5.41, 5.74) is -0.210. The van der Waals surface area contributed by atoms with E-state index in [1.165, 1.54) is 27.9 Å². The second-order valence-electron chi connectivity index (χ2n) is 6.80. The van der Waals surface area contributed by atoms with Gasteiger partial charge in [0.05, 0.1) is 12.7 Å². The van der Waals surface area contributed by atoms with Crippen molar-refractivity contribution in [2.24, 2.45) is 0 Å². The molecule has 176 valence electrons. The third kappa shape index (κ3) is 5.88. The number of carbonyl (C=O) groups excluding carboxylic acids is 4. The lowest BCUT2D eigenvalue weighted by Gasteiger charge is -2.32. The molecule has 0 aliphatic carbocycles. The van der Waals surface area contributed by atoms with E-state index in [0.29, 0.717) is 0 Å². The number of benzene rings is 2. The Morgan fingerprint density at radius 3 is 1.73 bits per heavy atom. The molecule has 2 rings (SSSR count). The van der Waals surface area contributed by atoms with Gasteiger partial charge in [0.1, 0.15) is 17.1 Å². The number of hydrogen-bond acceptors (Lipinski definition) is 9. The van der Waals surface area contributed by atoms with Crippen LogP contribution in [-0.4, -0.2) is 35.9 Å². The van der Waals surface area contributed by atoms with Gasteiger partial charge in [-0.3, -0.25) is 19.2 Å². The maximum Gasteiger partial charge on any atom is 0.457 e. The van der Waals surface area contributed by atoms with Crippen molar-refractivity contribution in [3.63, 3.8) is 0 Å². The number of ketones is 1. The zero-order valence-corrected chi connectivity index (χ0v) is 18.9. The molecule has 0 aromatic heterocycles. The van der Waals surface area contributed by atoms with E-state index in [9.17, 15) is 24.3 Å². The maximum atomic E-state index is 13.1. The molecule has 2 aromatic carbocycles. The highest BCUT2D eigenvalue weighted by Gasteiger charge is 2.48. The predicted molar refractivity (Wildman–Crippen MR) is 115 cm³/mol. The first-order chi connectivity index (χ1) is 15.7. The third-order valence-corrected chi connectivity index (χ3v) is 4.54. The first-order valence-corrected chi connectivity index (χ1v) is 10.4. The molecule has 0 aliphatic heterocycles. The summed E-state index contributed by atoms with van der Waals surface area (Å²) in [6, 6.07) is 10.3. The molecule has 0 aliphatic rings. The van der Waals surface area contributed by atoms with Gasteiger partial charge >= 0.3 is 23.9 Å². The van der Waals surface area contributed by atoms with Gasteiger partial charge in [0.15, 0.2) is 5.78 Å². The molecule has 0 atom stereocenters. The van der Waals surface area contributed by atoms with Crippen molar-refractivity contribution in [2.45, 2.75) is 46.0 Å². The van der Waals surface area contributed by atoms with Gasteiger partial charge in [0.2, 0.25) is 0 Å². The summed E-state index contributed by atoms with van der Waals surface area (Å²) in [6.07, 6.45) is -0.401. The summed E-state index contributed by atoms with van der Waals surface area (Å²) in [7, 11) is 1.24. The standard InChI is InChI=1S/C24H26O9/c1-5-20(26)31-24(32-21(27)6-2,33-22(28)7-3)17-13-16(18(25)14-19(17)30-4)23(29)15-11-9-8-10-12-15/h8-14,25H,5-7H2,1-4H3. The average Bonchev–Trinajstić information content (AvgIpc) is 2.83. The fourth-order valence-corrected chi connectivity index (χ4v) is 2.80. The number of carbonyl (C=O) groups is 4. The summed E-state index contributed by atoms with van der Waals surface area (Å²) < 4.78 is 21.3. The molecule has 9 nitrogen and oxygen atoms in total. The van der Waals surface area contributed by atoms with Crippen LogP contribution in [-0.2, 0) is 34.6 Å². The van der Waals surface area contributed by atoms with E-state index in [4.69, 9.17) is 18.9 Å². The fourth-order valence-electron chi connectivity index (χ4n) is 2.80. The summed E-state index contributed by atoms with van der Waals surface area (Å²) in [4.78, 5) is 49.9. The fraction of sp³-hybridized carbons (Fsp3) is 0.333. The van der Waals surface area contributed by atoms with Crippen molar-refractivity contribution in [1.82, 2.24) is 0 Å². The topological polar surface area (TPSA) is 125 Å². The lowest BCUT2D eigenvalue weighted by atomic mass is 9.98. The Bertz CT molecular complexity index is 982. The summed E-state index contributed by atoms with van der Waals surface area (Å²) in [5.74, 6) is -6.39. The molecule has 9 heteroatoms. The molecule has 1 N–H and O–H groups in total. The van der Waals surface area contributed by atoms with Gasteiger partial charge in [-0.1, -0.05) is 51.1 Å². The highest BCUT2D eigenvalue weighted by Crippen LogP contribution is 2.41. The van der Waals surface area contributed by atoms with Crippen LogP contribution in [0.4, 0.5) is 0 Å². The van der Waals surface area contributed by atoms with Crippen molar-refractivity contribution in [3.05, 3.63) is 59.2 Å². The number of aromatic hydroxyl groups is 1. The molecule has 0 saturated carbocycles. The van der Waals surface area contributed by atoms with Crippen LogP contribution < -0.4 is 4.74 Å². The largest absolute Gasteiger partial charge is 0.507 e. The quantitative estimate of drug-likeness (QED) is 0.323. The van der Waals surface area contributed by atoms with Crippen LogP contribution in [0.15, 0.2) is 42.5 Å². The Morgan fingerprint density at radius 1 is 0.818 bits per heavy atom. The first-order valence-electron chi connectivity index (χ1n) is 10.4. The van der Waals surface area contributed by atoms with E-state index in [1.54, 1.807) is 30.3 Å². The molecule has 0 heterocycles. The molecule has 0 saturated heterocycles. The van der Waals surface area contributed by atoms with Crippen molar-refractivity contribution in [2.75, 3.05) is 7.11 Å². The molecule has 0 fully saturated rings. The van der Waals surface area contributed by atoms with Crippen LogP contribution in [0.3, 0.4) is 0 Å². The van der Waals surface area contributed by atoms with Gasteiger partial charge in [0, 0.05) is 30.9 Å². The molecule has 0 amide bonds. The Labute approximate surface area is 191 Å². The van der Waals surface area contributed by atoms with Crippen LogP contribution in [0.25, 0.3) is 0 Å². The van der Waals surface area contributed by atoms with E-state index in [-0.39, 0.29) is 41.7 Å². The number of phenols is 1. The molecule has 0 radical (unpaired) electrons. The Balaban J connectivity index is 2.80. The second kappa shape index (κ2) is 11.1. The highest BCUT2D eigenvalue weighted by atomic mass is 16.9. The minimum absolute atomic E-state index is 0.134. The van der Waals surface area contributed by atoms with Gasteiger partial charge in [-0.05, 0) is 6.07 Å². The molecule has 33 heavy (non-hydrogen) atoms. The Morgan fingerprint density at radius 2 is 1.30 bits per heavy atom. The Kier molecular flexibility index (Phi) is 8.56. The van der Waals surface area contributed by atoms with Gasteiger partial charge in [-0.15, -0.1) is 0 Å². The van der Waals surface area contributed by atoms with Crippen molar-refractivity contribution >= 4 is 23.7 Å². The molecular formula is C24H26O9. The summed E-state index contributed by atoms with van der Waals surface area (Å²) in [5, 5.41) is 10.5. The van der Waals surface area contributed by atoms with Crippen LogP contribution in [0, 0.1) is 0 Å². The van der Waals surface area contributed by atoms with Crippen LogP contribution in [0.5, 0.6) is 11.5 Å². The number of esters is 3. The predicted octanol–water partition coefficient (Wildman–Crippen LogP) is 3.60. The summed E-state index contributed by atoms with van der Waals surface area (Å²) in [6.45, 7) is 4.48. The molecule has 0 unspecified atom stereocenters. The van der Waals surface area contributed by atoms with Gasteiger partial charge in [0.25, 0.3) is 0 Å². The lowest BCUT2D eigenvalue weighted by molar-refractivity contribution is -0.340. The van der Waals surface area contributed by atoms with Gasteiger partial charge in [-0.2, -0.15) is 0 Å². The van der Waals surface area contributed by atoms with Gasteiger partial charge in [-0.25, -0.2) is 0 Å². The zero-order valence-electron chi connectivity index (χ0n) is 18.9. The minimum Gasteiger partial charge on any atom is -0.507 e.